The van der Waals surface area contributed by atoms with E-state index in [1.165, 1.54) is 11.8 Å². The summed E-state index contributed by atoms with van der Waals surface area (Å²) >= 11 is 1.42. The Kier molecular flexibility index (Phi) is 4.39. The van der Waals surface area contributed by atoms with Gasteiger partial charge in [0.15, 0.2) is 16.8 Å². The van der Waals surface area contributed by atoms with Crippen LogP contribution in [0.25, 0.3) is 0 Å². The molecule has 1 heterocycles. The fraction of sp³-hybridized carbons (Fsp3) is 0.462. The van der Waals surface area contributed by atoms with Gasteiger partial charge in [-0.25, -0.2) is 13.2 Å². The number of aliphatic imine (C=N–C) groups is 1. The van der Waals surface area contributed by atoms with Crippen LogP contribution in [0.4, 0.5) is 18.9 Å². The molecule has 0 spiro atoms. The number of rotatable bonds is 3. The van der Waals surface area contributed by atoms with Crippen molar-refractivity contribution in [2.45, 2.75) is 26.3 Å². The van der Waals surface area contributed by atoms with Crippen LogP contribution in [0.15, 0.2) is 17.1 Å². The minimum atomic E-state index is -0.951. The van der Waals surface area contributed by atoms with Crippen LogP contribution in [-0.4, -0.2) is 17.0 Å². The first-order valence-electron chi connectivity index (χ1n) is 6.08. The molecule has 0 saturated carbocycles. The summed E-state index contributed by atoms with van der Waals surface area (Å²) in [5, 5.41) is 3.09. The average Bonchev–Trinajstić information content (AvgIpc) is 2.70. The van der Waals surface area contributed by atoms with Gasteiger partial charge in [0.2, 0.25) is 0 Å². The highest BCUT2D eigenvalue weighted by atomic mass is 32.2. The zero-order valence-corrected chi connectivity index (χ0v) is 11.5. The molecule has 1 atom stereocenters. The third kappa shape index (κ3) is 3.65. The summed E-state index contributed by atoms with van der Waals surface area (Å²) in [6.07, 6.45) is 0.937. The van der Waals surface area contributed by atoms with E-state index >= 15 is 0 Å². The molecule has 0 aliphatic carbocycles. The first kappa shape index (κ1) is 14.2. The van der Waals surface area contributed by atoms with Crippen LogP contribution in [0, 0.1) is 23.4 Å². The number of nitrogens with zero attached hydrogens (tertiary/aromatic N) is 1. The van der Waals surface area contributed by atoms with Crippen LogP contribution in [0.2, 0.25) is 0 Å². The van der Waals surface area contributed by atoms with Crippen LogP contribution in [-0.2, 0) is 0 Å². The van der Waals surface area contributed by atoms with Crippen molar-refractivity contribution in [2.75, 3.05) is 11.1 Å². The Morgan fingerprint density at radius 3 is 2.53 bits per heavy atom. The van der Waals surface area contributed by atoms with Crippen molar-refractivity contribution >= 4 is 22.6 Å². The third-order valence-corrected chi connectivity index (χ3v) is 3.73. The molecule has 0 bridgehead atoms. The first-order chi connectivity index (χ1) is 8.95. The lowest BCUT2D eigenvalue weighted by atomic mass is 10.1. The number of benzene rings is 1. The first-order valence-corrected chi connectivity index (χ1v) is 7.06. The van der Waals surface area contributed by atoms with Gasteiger partial charge in [0, 0.05) is 17.9 Å². The summed E-state index contributed by atoms with van der Waals surface area (Å²) in [6, 6.07) is 1.47. The van der Waals surface area contributed by atoms with Crippen molar-refractivity contribution in [3.63, 3.8) is 0 Å². The Balaban J connectivity index is 2.10. The number of hydrogen-bond acceptors (Lipinski definition) is 3. The van der Waals surface area contributed by atoms with Crippen molar-refractivity contribution in [2.24, 2.45) is 10.9 Å². The standard InChI is InChI=1S/C13H15F3N2S/c1-7(2)3-9-6-19-13(17-9)18-12-10(15)4-8(14)5-11(12)16/h4-5,7,9H,3,6H2,1-2H3,(H,17,18). The second kappa shape index (κ2) is 5.86. The summed E-state index contributed by atoms with van der Waals surface area (Å²) < 4.78 is 39.7. The third-order valence-electron chi connectivity index (χ3n) is 2.69. The summed E-state index contributed by atoms with van der Waals surface area (Å²) in [6.45, 7) is 4.20. The Hall–Kier alpha value is -1.17. The van der Waals surface area contributed by atoms with E-state index < -0.39 is 17.5 Å². The maximum absolute atomic E-state index is 13.5. The summed E-state index contributed by atoms with van der Waals surface area (Å²) in [5.74, 6) is -1.52. The van der Waals surface area contributed by atoms with Crippen LogP contribution < -0.4 is 5.32 Å². The molecular weight excluding hydrogens is 273 g/mol. The van der Waals surface area contributed by atoms with Gasteiger partial charge >= 0.3 is 0 Å². The largest absolute Gasteiger partial charge is 0.330 e. The second-order valence-electron chi connectivity index (χ2n) is 4.90. The Morgan fingerprint density at radius 1 is 1.32 bits per heavy atom. The van der Waals surface area contributed by atoms with Gasteiger partial charge in [0.05, 0.1) is 6.04 Å². The SMILES string of the molecule is CC(C)CC1CSC(Nc2c(F)cc(F)cc2F)=N1. The molecule has 0 aromatic heterocycles. The highest BCUT2D eigenvalue weighted by Crippen LogP contribution is 2.27. The molecule has 2 rings (SSSR count). The zero-order valence-electron chi connectivity index (χ0n) is 10.7. The van der Waals surface area contributed by atoms with Gasteiger partial charge < -0.3 is 5.32 Å². The smallest absolute Gasteiger partial charge is 0.161 e. The number of anilines is 1. The minimum Gasteiger partial charge on any atom is -0.330 e. The zero-order chi connectivity index (χ0) is 14.0. The molecular formula is C13H15F3N2S. The number of amidine groups is 1. The summed E-state index contributed by atoms with van der Waals surface area (Å²) in [4.78, 5) is 4.37. The molecule has 0 amide bonds. The van der Waals surface area contributed by atoms with Gasteiger partial charge in [-0.15, -0.1) is 0 Å². The lowest BCUT2D eigenvalue weighted by Crippen LogP contribution is -2.10. The van der Waals surface area contributed by atoms with E-state index in [-0.39, 0.29) is 11.7 Å². The second-order valence-corrected chi connectivity index (χ2v) is 5.91. The molecule has 1 N–H and O–H groups in total. The summed E-state index contributed by atoms with van der Waals surface area (Å²) in [5.41, 5.74) is -0.349. The van der Waals surface area contributed by atoms with Gasteiger partial charge in [0.25, 0.3) is 0 Å². The molecule has 6 heteroatoms. The quantitative estimate of drug-likeness (QED) is 0.908. The Bertz CT molecular complexity index is 480. The van der Waals surface area contributed by atoms with E-state index in [2.05, 4.69) is 24.2 Å². The summed E-state index contributed by atoms with van der Waals surface area (Å²) in [7, 11) is 0. The lowest BCUT2D eigenvalue weighted by Gasteiger charge is -2.08. The molecule has 0 saturated heterocycles. The van der Waals surface area contributed by atoms with Crippen LogP contribution in [0.3, 0.4) is 0 Å². The maximum atomic E-state index is 13.5. The number of halogens is 3. The van der Waals surface area contributed by atoms with E-state index in [0.717, 1.165) is 12.2 Å². The average molecular weight is 288 g/mol. The van der Waals surface area contributed by atoms with Crippen molar-refractivity contribution in [3.05, 3.63) is 29.6 Å². The van der Waals surface area contributed by atoms with Gasteiger partial charge in [0.1, 0.15) is 11.5 Å². The molecule has 1 unspecified atom stereocenters. The highest BCUT2D eigenvalue weighted by Gasteiger charge is 2.21. The molecule has 1 aliphatic rings. The van der Waals surface area contributed by atoms with E-state index in [1.807, 2.05) is 0 Å². The van der Waals surface area contributed by atoms with Gasteiger partial charge in [-0.2, -0.15) is 0 Å². The molecule has 1 aromatic carbocycles. The van der Waals surface area contributed by atoms with Crippen molar-refractivity contribution < 1.29 is 13.2 Å². The fourth-order valence-corrected chi connectivity index (χ4v) is 2.88. The van der Waals surface area contributed by atoms with Crippen LogP contribution in [0.1, 0.15) is 20.3 Å². The van der Waals surface area contributed by atoms with Crippen LogP contribution in [0.5, 0.6) is 0 Å². The topological polar surface area (TPSA) is 24.4 Å². The molecule has 1 aliphatic heterocycles. The Labute approximate surface area is 114 Å². The minimum absolute atomic E-state index is 0.166. The van der Waals surface area contributed by atoms with E-state index in [9.17, 15) is 13.2 Å². The van der Waals surface area contributed by atoms with E-state index in [4.69, 9.17) is 0 Å². The molecule has 1 aromatic rings. The predicted molar refractivity (Wildman–Crippen MR) is 73.1 cm³/mol. The van der Waals surface area contributed by atoms with E-state index in [0.29, 0.717) is 23.2 Å². The van der Waals surface area contributed by atoms with Gasteiger partial charge in [-0.1, -0.05) is 25.6 Å². The Morgan fingerprint density at radius 2 is 1.95 bits per heavy atom. The molecule has 0 radical (unpaired) electrons. The number of nitrogens with one attached hydrogen (secondary N) is 1. The van der Waals surface area contributed by atoms with Crippen molar-refractivity contribution in [1.29, 1.82) is 0 Å². The normalized spacial score (nSPS) is 18.8. The van der Waals surface area contributed by atoms with Crippen LogP contribution >= 0.6 is 11.8 Å². The van der Waals surface area contributed by atoms with Crippen molar-refractivity contribution in [3.8, 4) is 0 Å². The number of thioether (sulfide) groups is 1. The fourth-order valence-electron chi connectivity index (χ4n) is 1.92. The van der Waals surface area contributed by atoms with Gasteiger partial charge in [-0.05, 0) is 12.3 Å². The molecule has 2 nitrogen and oxygen atoms in total. The number of hydrogen-bond donors (Lipinski definition) is 1. The highest BCUT2D eigenvalue weighted by molar-refractivity contribution is 8.14. The lowest BCUT2D eigenvalue weighted by molar-refractivity contribution is 0.529. The molecule has 0 fully saturated rings. The molecule has 104 valence electrons. The maximum Gasteiger partial charge on any atom is 0.161 e. The monoisotopic (exact) mass is 288 g/mol. The molecule has 19 heavy (non-hydrogen) atoms. The van der Waals surface area contributed by atoms with E-state index in [1.54, 1.807) is 0 Å². The predicted octanol–water partition coefficient (Wildman–Crippen LogP) is 4.03. The van der Waals surface area contributed by atoms with Crippen molar-refractivity contribution in [1.82, 2.24) is 0 Å². The van der Waals surface area contributed by atoms with Gasteiger partial charge in [-0.3, -0.25) is 4.99 Å².